The summed E-state index contributed by atoms with van der Waals surface area (Å²) in [5, 5.41) is 2.75. The molecule has 0 fully saturated rings. The van der Waals surface area contributed by atoms with Gasteiger partial charge in [-0.05, 0) is 37.3 Å². The molecular weight excluding hydrogens is 377 g/mol. The fourth-order valence-corrected chi connectivity index (χ4v) is 2.58. The van der Waals surface area contributed by atoms with Gasteiger partial charge in [0.15, 0.2) is 17.5 Å². The fraction of sp³-hybridized carbons (Fsp3) is 0.176. The molecule has 0 radical (unpaired) electrons. The Kier molecular flexibility index (Phi) is 4.70. The molecule has 0 unspecified atom stereocenters. The standard InChI is InChI=1S/C17H11ClF5N3/c1-2-24-16-12-11(7-10(17(21,22)23)13(19)14(12)20)25-15(26-16)8-3-5-9(18)6-4-8/h3-7H,2H2,1H3,(H,24,25,26). The van der Waals surface area contributed by atoms with Crippen molar-refractivity contribution in [3.05, 3.63) is 52.6 Å². The molecule has 1 heterocycles. The third kappa shape index (κ3) is 3.29. The quantitative estimate of drug-likeness (QED) is 0.588. The number of anilines is 1. The first kappa shape index (κ1) is 18.3. The Morgan fingerprint density at radius 1 is 1.04 bits per heavy atom. The second kappa shape index (κ2) is 6.68. The SMILES string of the molecule is CCNc1nc(-c2ccc(Cl)cc2)nc2cc(C(F)(F)F)c(F)c(F)c12. The maximum absolute atomic E-state index is 14.3. The van der Waals surface area contributed by atoms with Gasteiger partial charge < -0.3 is 5.32 Å². The van der Waals surface area contributed by atoms with Crippen LogP contribution in [0.1, 0.15) is 12.5 Å². The van der Waals surface area contributed by atoms with Gasteiger partial charge in [0.2, 0.25) is 0 Å². The Balaban J connectivity index is 2.33. The first-order valence-corrected chi connectivity index (χ1v) is 7.87. The summed E-state index contributed by atoms with van der Waals surface area (Å²) >= 11 is 5.81. The summed E-state index contributed by atoms with van der Waals surface area (Å²) < 4.78 is 67.2. The molecule has 26 heavy (non-hydrogen) atoms. The Bertz CT molecular complexity index is 971. The number of aromatic nitrogens is 2. The highest BCUT2D eigenvalue weighted by Gasteiger charge is 2.37. The van der Waals surface area contributed by atoms with Crippen LogP contribution in [-0.4, -0.2) is 16.5 Å². The average Bonchev–Trinajstić information content (AvgIpc) is 2.57. The second-order valence-electron chi connectivity index (χ2n) is 5.38. The fourth-order valence-electron chi connectivity index (χ4n) is 2.46. The van der Waals surface area contributed by atoms with Gasteiger partial charge in [0.1, 0.15) is 5.82 Å². The van der Waals surface area contributed by atoms with Gasteiger partial charge in [0, 0.05) is 17.1 Å². The third-order valence-corrected chi connectivity index (χ3v) is 3.87. The molecule has 3 nitrogen and oxygen atoms in total. The molecule has 3 rings (SSSR count). The van der Waals surface area contributed by atoms with Crippen molar-refractivity contribution in [2.75, 3.05) is 11.9 Å². The lowest BCUT2D eigenvalue weighted by Gasteiger charge is -2.14. The van der Waals surface area contributed by atoms with E-state index in [2.05, 4.69) is 15.3 Å². The lowest BCUT2D eigenvalue weighted by molar-refractivity contribution is -0.140. The van der Waals surface area contributed by atoms with Crippen LogP contribution < -0.4 is 5.32 Å². The van der Waals surface area contributed by atoms with E-state index in [4.69, 9.17) is 11.6 Å². The minimum atomic E-state index is -5.05. The average molecular weight is 388 g/mol. The number of alkyl halides is 3. The molecule has 9 heteroatoms. The lowest BCUT2D eigenvalue weighted by atomic mass is 10.1. The summed E-state index contributed by atoms with van der Waals surface area (Å²) in [5.41, 5.74) is -1.61. The van der Waals surface area contributed by atoms with Gasteiger partial charge in [-0.2, -0.15) is 13.2 Å². The maximum Gasteiger partial charge on any atom is 0.419 e. The number of nitrogens with zero attached hydrogens (tertiary/aromatic N) is 2. The van der Waals surface area contributed by atoms with Crippen LogP contribution in [-0.2, 0) is 6.18 Å². The van der Waals surface area contributed by atoms with Gasteiger partial charge in [0.25, 0.3) is 0 Å². The molecule has 0 spiro atoms. The van der Waals surface area contributed by atoms with Crippen molar-refractivity contribution >= 4 is 28.3 Å². The van der Waals surface area contributed by atoms with Gasteiger partial charge in [0.05, 0.1) is 16.5 Å². The van der Waals surface area contributed by atoms with Crippen LogP contribution in [0.25, 0.3) is 22.3 Å². The molecule has 0 amide bonds. The number of fused-ring (bicyclic) bond motifs is 1. The van der Waals surface area contributed by atoms with Crippen molar-refractivity contribution in [2.45, 2.75) is 13.1 Å². The van der Waals surface area contributed by atoms with E-state index in [-0.39, 0.29) is 17.2 Å². The molecule has 0 bridgehead atoms. The van der Waals surface area contributed by atoms with Crippen molar-refractivity contribution in [1.29, 1.82) is 0 Å². The normalized spacial score (nSPS) is 11.8. The minimum Gasteiger partial charge on any atom is -0.370 e. The van der Waals surface area contributed by atoms with Crippen molar-refractivity contribution in [3.63, 3.8) is 0 Å². The smallest absolute Gasteiger partial charge is 0.370 e. The Morgan fingerprint density at radius 2 is 1.69 bits per heavy atom. The van der Waals surface area contributed by atoms with Crippen LogP contribution in [0, 0.1) is 11.6 Å². The highest BCUT2D eigenvalue weighted by atomic mass is 35.5. The monoisotopic (exact) mass is 387 g/mol. The Labute approximate surface area is 149 Å². The first-order chi connectivity index (χ1) is 12.2. The highest BCUT2D eigenvalue weighted by molar-refractivity contribution is 6.30. The zero-order valence-corrected chi connectivity index (χ0v) is 14.0. The van der Waals surface area contributed by atoms with Crippen molar-refractivity contribution in [3.8, 4) is 11.4 Å². The van der Waals surface area contributed by atoms with Gasteiger partial charge in [-0.3, -0.25) is 0 Å². The van der Waals surface area contributed by atoms with Crippen LogP contribution in [0.4, 0.5) is 27.8 Å². The predicted octanol–water partition coefficient (Wildman–Crippen LogP) is 5.68. The zero-order chi connectivity index (χ0) is 19.1. The van der Waals surface area contributed by atoms with E-state index in [9.17, 15) is 22.0 Å². The Morgan fingerprint density at radius 3 is 2.27 bits per heavy atom. The zero-order valence-electron chi connectivity index (χ0n) is 13.3. The lowest BCUT2D eigenvalue weighted by Crippen LogP contribution is -2.12. The number of halogens is 6. The number of rotatable bonds is 3. The molecule has 3 aromatic rings. The topological polar surface area (TPSA) is 37.8 Å². The molecule has 0 saturated carbocycles. The number of benzene rings is 2. The molecule has 1 N–H and O–H groups in total. The highest BCUT2D eigenvalue weighted by Crippen LogP contribution is 2.37. The number of hydrogen-bond donors (Lipinski definition) is 1. The van der Waals surface area contributed by atoms with Crippen molar-refractivity contribution in [1.82, 2.24) is 9.97 Å². The number of nitrogens with one attached hydrogen (secondary N) is 1. The summed E-state index contributed by atoms with van der Waals surface area (Å²) in [6.45, 7) is 1.99. The summed E-state index contributed by atoms with van der Waals surface area (Å²) in [6.07, 6.45) is -5.05. The summed E-state index contributed by atoms with van der Waals surface area (Å²) in [4.78, 5) is 8.12. The largest absolute Gasteiger partial charge is 0.419 e. The van der Waals surface area contributed by atoms with Crippen molar-refractivity contribution in [2.24, 2.45) is 0 Å². The summed E-state index contributed by atoms with van der Waals surface area (Å²) in [6, 6.07) is 6.75. The van der Waals surface area contributed by atoms with E-state index in [1.165, 1.54) is 0 Å². The molecule has 2 aromatic carbocycles. The van der Waals surface area contributed by atoms with Gasteiger partial charge in [-0.1, -0.05) is 11.6 Å². The third-order valence-electron chi connectivity index (χ3n) is 3.62. The molecule has 0 aliphatic carbocycles. The second-order valence-corrected chi connectivity index (χ2v) is 5.81. The van der Waals surface area contributed by atoms with Crippen LogP contribution in [0.2, 0.25) is 5.02 Å². The molecule has 1 aromatic heterocycles. The van der Waals surface area contributed by atoms with E-state index in [0.29, 0.717) is 23.2 Å². The van der Waals surface area contributed by atoms with E-state index in [1.807, 2.05) is 0 Å². The molecule has 0 atom stereocenters. The Hall–Kier alpha value is -2.48. The molecule has 0 aliphatic rings. The first-order valence-electron chi connectivity index (χ1n) is 7.49. The maximum atomic E-state index is 14.3. The van der Waals surface area contributed by atoms with Crippen LogP contribution in [0.5, 0.6) is 0 Å². The van der Waals surface area contributed by atoms with Gasteiger partial charge >= 0.3 is 6.18 Å². The summed E-state index contributed by atoms with van der Waals surface area (Å²) in [7, 11) is 0. The van der Waals surface area contributed by atoms with E-state index < -0.39 is 28.8 Å². The summed E-state index contributed by atoms with van der Waals surface area (Å²) in [5.74, 6) is -3.66. The van der Waals surface area contributed by atoms with Gasteiger partial charge in [-0.15, -0.1) is 0 Å². The molecular formula is C17H11ClF5N3. The molecule has 0 aliphatic heterocycles. The van der Waals surface area contributed by atoms with Crippen LogP contribution in [0.15, 0.2) is 30.3 Å². The van der Waals surface area contributed by atoms with E-state index in [1.54, 1.807) is 31.2 Å². The van der Waals surface area contributed by atoms with Crippen LogP contribution >= 0.6 is 11.6 Å². The number of hydrogen-bond acceptors (Lipinski definition) is 3. The van der Waals surface area contributed by atoms with Gasteiger partial charge in [-0.25, -0.2) is 18.7 Å². The molecule has 0 saturated heterocycles. The van der Waals surface area contributed by atoms with E-state index >= 15 is 0 Å². The van der Waals surface area contributed by atoms with E-state index in [0.717, 1.165) is 0 Å². The minimum absolute atomic E-state index is 0.0595. The van der Waals surface area contributed by atoms with Crippen molar-refractivity contribution < 1.29 is 22.0 Å². The molecule has 136 valence electrons. The predicted molar refractivity (Wildman–Crippen MR) is 89.1 cm³/mol. The van der Waals surface area contributed by atoms with Crippen LogP contribution in [0.3, 0.4) is 0 Å².